The van der Waals surface area contributed by atoms with Gasteiger partial charge in [0.15, 0.2) is 0 Å². The lowest BCUT2D eigenvalue weighted by molar-refractivity contribution is -0.0730. The van der Waals surface area contributed by atoms with Crippen molar-refractivity contribution in [3.63, 3.8) is 0 Å². The maximum absolute atomic E-state index is 9.39. The van der Waals surface area contributed by atoms with Crippen molar-refractivity contribution in [1.82, 2.24) is 5.32 Å². The van der Waals surface area contributed by atoms with Gasteiger partial charge in [-0.1, -0.05) is 6.92 Å². The molecular formula is C16H29NO. The van der Waals surface area contributed by atoms with E-state index in [-0.39, 0.29) is 6.61 Å². The van der Waals surface area contributed by atoms with Crippen LogP contribution in [0.1, 0.15) is 58.8 Å². The molecule has 4 aliphatic rings. The van der Waals surface area contributed by atoms with Gasteiger partial charge in [-0.3, -0.25) is 0 Å². The average molecular weight is 251 g/mol. The second kappa shape index (κ2) is 4.79. The molecule has 0 aromatic carbocycles. The quantitative estimate of drug-likeness (QED) is 0.787. The summed E-state index contributed by atoms with van der Waals surface area (Å²) in [6, 6.07) is 0.885. The van der Waals surface area contributed by atoms with Crippen LogP contribution in [-0.4, -0.2) is 23.8 Å². The Morgan fingerprint density at radius 1 is 1.11 bits per heavy atom. The number of aliphatic hydroxyl groups is 1. The van der Waals surface area contributed by atoms with Crippen LogP contribution in [0.15, 0.2) is 0 Å². The van der Waals surface area contributed by atoms with Crippen molar-refractivity contribution in [3.05, 3.63) is 0 Å². The van der Waals surface area contributed by atoms with E-state index < -0.39 is 0 Å². The van der Waals surface area contributed by atoms with E-state index in [9.17, 15) is 5.11 Å². The number of hydrogen-bond donors (Lipinski definition) is 2. The van der Waals surface area contributed by atoms with Crippen LogP contribution >= 0.6 is 0 Å². The Morgan fingerprint density at radius 2 is 1.61 bits per heavy atom. The predicted octanol–water partition coefficient (Wildman–Crippen LogP) is 2.95. The largest absolute Gasteiger partial charge is 0.395 e. The van der Waals surface area contributed by atoms with E-state index in [1.165, 1.54) is 38.5 Å². The first kappa shape index (κ1) is 12.9. The maximum atomic E-state index is 9.39. The third kappa shape index (κ3) is 2.12. The van der Waals surface area contributed by atoms with Crippen LogP contribution in [0.4, 0.5) is 0 Å². The number of nitrogens with one attached hydrogen (secondary N) is 1. The molecule has 0 radical (unpaired) electrons. The van der Waals surface area contributed by atoms with E-state index in [1.54, 1.807) is 0 Å². The number of hydrogen-bond acceptors (Lipinski definition) is 2. The van der Waals surface area contributed by atoms with Gasteiger partial charge in [-0.05, 0) is 75.0 Å². The predicted molar refractivity (Wildman–Crippen MR) is 74.4 cm³/mol. The summed E-state index contributed by atoms with van der Waals surface area (Å²) in [5.74, 6) is 3.07. The first-order valence-electron chi connectivity index (χ1n) is 8.02. The number of rotatable bonds is 5. The maximum Gasteiger partial charge on any atom is 0.0584 e. The molecule has 2 heteroatoms. The summed E-state index contributed by atoms with van der Waals surface area (Å²) in [6.07, 6.45) is 9.95. The summed E-state index contributed by atoms with van der Waals surface area (Å²) in [4.78, 5) is 0. The van der Waals surface area contributed by atoms with Crippen molar-refractivity contribution in [3.8, 4) is 0 Å². The molecule has 0 saturated heterocycles. The van der Waals surface area contributed by atoms with Crippen LogP contribution < -0.4 is 5.32 Å². The van der Waals surface area contributed by atoms with Crippen molar-refractivity contribution in [2.75, 3.05) is 6.61 Å². The fourth-order valence-corrected chi connectivity index (χ4v) is 5.54. The molecule has 0 aliphatic heterocycles. The van der Waals surface area contributed by atoms with Crippen LogP contribution in [0.2, 0.25) is 0 Å². The Morgan fingerprint density at radius 3 is 2.00 bits per heavy atom. The second-order valence-electron chi connectivity index (χ2n) is 7.46. The van der Waals surface area contributed by atoms with E-state index in [0.29, 0.717) is 17.5 Å². The summed E-state index contributed by atoms with van der Waals surface area (Å²) >= 11 is 0. The lowest BCUT2D eigenvalue weighted by Gasteiger charge is -2.59. The van der Waals surface area contributed by atoms with Gasteiger partial charge < -0.3 is 10.4 Å². The zero-order chi connectivity index (χ0) is 12.8. The lowest BCUT2D eigenvalue weighted by atomic mass is 9.48. The Hall–Kier alpha value is -0.0800. The van der Waals surface area contributed by atoms with Crippen LogP contribution in [0.25, 0.3) is 0 Å². The molecule has 0 heterocycles. The zero-order valence-electron chi connectivity index (χ0n) is 12.0. The molecule has 0 spiro atoms. The molecule has 1 unspecified atom stereocenters. The van der Waals surface area contributed by atoms with Crippen molar-refractivity contribution in [2.24, 2.45) is 23.2 Å². The highest BCUT2D eigenvalue weighted by Gasteiger charge is 2.53. The van der Waals surface area contributed by atoms with Gasteiger partial charge in [-0.25, -0.2) is 0 Å². The van der Waals surface area contributed by atoms with Gasteiger partial charge in [-0.2, -0.15) is 0 Å². The van der Waals surface area contributed by atoms with Gasteiger partial charge in [0.1, 0.15) is 0 Å². The topological polar surface area (TPSA) is 32.3 Å². The average Bonchev–Trinajstić information content (AvgIpc) is 2.34. The fraction of sp³-hybridized carbons (Fsp3) is 1.00. The van der Waals surface area contributed by atoms with Gasteiger partial charge in [0.05, 0.1) is 6.61 Å². The smallest absolute Gasteiger partial charge is 0.0584 e. The van der Waals surface area contributed by atoms with Gasteiger partial charge in [0.25, 0.3) is 0 Å². The minimum atomic E-state index is 0.285. The second-order valence-corrected chi connectivity index (χ2v) is 7.46. The molecule has 0 aromatic rings. The normalized spacial score (nSPS) is 45.2. The van der Waals surface area contributed by atoms with Gasteiger partial charge >= 0.3 is 0 Å². The number of aliphatic hydroxyl groups excluding tert-OH is 1. The fourth-order valence-electron chi connectivity index (χ4n) is 5.54. The summed E-state index contributed by atoms with van der Waals surface area (Å²) in [7, 11) is 0. The Kier molecular flexibility index (Phi) is 3.44. The summed E-state index contributed by atoms with van der Waals surface area (Å²) < 4.78 is 0. The molecule has 4 saturated carbocycles. The van der Waals surface area contributed by atoms with Gasteiger partial charge in [0, 0.05) is 12.1 Å². The van der Waals surface area contributed by atoms with Crippen LogP contribution in [0, 0.1) is 23.2 Å². The molecule has 2 atom stereocenters. The first-order chi connectivity index (χ1) is 8.65. The van der Waals surface area contributed by atoms with Crippen LogP contribution in [0.5, 0.6) is 0 Å². The lowest BCUT2D eigenvalue weighted by Crippen LogP contribution is -2.56. The van der Waals surface area contributed by atoms with Crippen molar-refractivity contribution in [2.45, 2.75) is 70.9 Å². The monoisotopic (exact) mass is 251 g/mol. The summed E-state index contributed by atoms with van der Waals surface area (Å²) in [5, 5.41) is 13.1. The highest BCUT2D eigenvalue weighted by molar-refractivity contribution is 5.05. The molecule has 4 rings (SSSR count). The molecule has 2 N–H and O–H groups in total. The van der Waals surface area contributed by atoms with E-state index in [4.69, 9.17) is 0 Å². The third-order valence-electron chi connectivity index (χ3n) is 6.20. The first-order valence-corrected chi connectivity index (χ1v) is 8.02. The van der Waals surface area contributed by atoms with Crippen molar-refractivity contribution in [1.29, 1.82) is 0 Å². The summed E-state index contributed by atoms with van der Waals surface area (Å²) in [6.45, 7) is 4.83. The van der Waals surface area contributed by atoms with Crippen LogP contribution in [0.3, 0.4) is 0 Å². The Balaban J connectivity index is 1.70. The van der Waals surface area contributed by atoms with E-state index in [0.717, 1.165) is 24.2 Å². The highest BCUT2D eigenvalue weighted by Crippen LogP contribution is 2.61. The summed E-state index contributed by atoms with van der Waals surface area (Å²) in [5.41, 5.74) is 0.567. The molecule has 18 heavy (non-hydrogen) atoms. The Labute approximate surface area is 112 Å². The van der Waals surface area contributed by atoms with E-state index in [2.05, 4.69) is 19.2 Å². The molecule has 0 aromatic heterocycles. The Bertz CT molecular complexity index is 262. The minimum absolute atomic E-state index is 0.285. The standard InChI is InChI=1S/C16H29NO/c1-3-15(10-18)17-11(2)16-7-12-4-13(8-16)6-14(5-12)9-16/h11-15,17-18H,3-10H2,1-2H3/t11?,12?,13?,14?,15-,16?/m0/s1. The van der Waals surface area contributed by atoms with E-state index in [1.807, 2.05) is 0 Å². The molecule has 0 amide bonds. The van der Waals surface area contributed by atoms with Crippen molar-refractivity contribution < 1.29 is 5.11 Å². The van der Waals surface area contributed by atoms with E-state index >= 15 is 0 Å². The molecule has 2 nitrogen and oxygen atoms in total. The van der Waals surface area contributed by atoms with Gasteiger partial charge in [0.2, 0.25) is 0 Å². The molecular weight excluding hydrogens is 222 g/mol. The zero-order valence-corrected chi connectivity index (χ0v) is 12.0. The third-order valence-corrected chi connectivity index (χ3v) is 6.20. The van der Waals surface area contributed by atoms with Gasteiger partial charge in [-0.15, -0.1) is 0 Å². The molecule has 104 valence electrons. The van der Waals surface area contributed by atoms with Crippen LogP contribution in [-0.2, 0) is 0 Å². The molecule has 4 fully saturated rings. The highest BCUT2D eigenvalue weighted by atomic mass is 16.3. The van der Waals surface area contributed by atoms with Crippen molar-refractivity contribution >= 4 is 0 Å². The SMILES string of the molecule is CC[C@@H](CO)NC(C)C12CC3CC(CC(C3)C1)C2. The molecule has 4 bridgehead atoms. The minimum Gasteiger partial charge on any atom is -0.395 e. The molecule has 4 aliphatic carbocycles.